The van der Waals surface area contributed by atoms with Crippen LogP contribution in [0, 0.1) is 0 Å². The van der Waals surface area contributed by atoms with E-state index >= 15 is 0 Å². The standard InChI is InChI=1S/C12H11N3O3S/c1-18-7-9-10(2-3-11(16)17)19-12(15-9)8-6-13-4-5-14-8/h2-6H,7H2,1H3,(H,16,17)/b3-2+. The first-order valence-electron chi connectivity index (χ1n) is 5.36. The molecule has 6 nitrogen and oxygen atoms in total. The van der Waals surface area contributed by atoms with Gasteiger partial charge in [0.25, 0.3) is 0 Å². The molecule has 0 bridgehead atoms. The molecule has 2 aromatic heterocycles. The van der Waals surface area contributed by atoms with Crippen LogP contribution in [0.1, 0.15) is 10.6 Å². The highest BCUT2D eigenvalue weighted by Gasteiger charge is 2.11. The number of thiazole rings is 1. The molecule has 0 saturated carbocycles. The van der Waals surface area contributed by atoms with Gasteiger partial charge >= 0.3 is 5.97 Å². The molecule has 0 aliphatic heterocycles. The number of aliphatic carboxylic acids is 1. The number of carbonyl (C=O) groups is 1. The topological polar surface area (TPSA) is 85.2 Å². The SMILES string of the molecule is COCc1nc(-c2cnccn2)sc1/C=C/C(=O)O. The van der Waals surface area contributed by atoms with Crippen LogP contribution >= 0.6 is 11.3 Å². The molecular formula is C12H11N3O3S. The Balaban J connectivity index is 2.37. The van der Waals surface area contributed by atoms with Crippen molar-refractivity contribution in [1.29, 1.82) is 0 Å². The summed E-state index contributed by atoms with van der Waals surface area (Å²) in [7, 11) is 1.56. The minimum Gasteiger partial charge on any atom is -0.478 e. The van der Waals surface area contributed by atoms with Crippen molar-refractivity contribution in [1.82, 2.24) is 15.0 Å². The smallest absolute Gasteiger partial charge is 0.328 e. The van der Waals surface area contributed by atoms with Crippen LogP contribution in [0.3, 0.4) is 0 Å². The van der Waals surface area contributed by atoms with E-state index in [1.165, 1.54) is 17.4 Å². The van der Waals surface area contributed by atoms with Crippen molar-refractivity contribution >= 4 is 23.4 Å². The summed E-state index contributed by atoms with van der Waals surface area (Å²) >= 11 is 1.35. The van der Waals surface area contributed by atoms with E-state index in [2.05, 4.69) is 15.0 Å². The highest BCUT2D eigenvalue weighted by Crippen LogP contribution is 2.27. The number of methoxy groups -OCH3 is 1. The molecule has 0 amide bonds. The lowest BCUT2D eigenvalue weighted by molar-refractivity contribution is -0.131. The van der Waals surface area contributed by atoms with Crippen molar-refractivity contribution in [2.75, 3.05) is 7.11 Å². The van der Waals surface area contributed by atoms with Crippen molar-refractivity contribution < 1.29 is 14.6 Å². The Labute approximate surface area is 113 Å². The van der Waals surface area contributed by atoms with Crippen LogP contribution < -0.4 is 0 Å². The van der Waals surface area contributed by atoms with E-state index < -0.39 is 5.97 Å². The lowest BCUT2D eigenvalue weighted by Gasteiger charge is -1.94. The third kappa shape index (κ3) is 3.43. The number of nitrogens with zero attached hydrogens (tertiary/aromatic N) is 3. The molecule has 19 heavy (non-hydrogen) atoms. The molecule has 2 aromatic rings. The molecule has 1 N–H and O–H groups in total. The van der Waals surface area contributed by atoms with Gasteiger partial charge in [-0.3, -0.25) is 9.97 Å². The Kier molecular flexibility index (Phi) is 4.32. The van der Waals surface area contributed by atoms with Gasteiger partial charge in [-0.2, -0.15) is 0 Å². The summed E-state index contributed by atoms with van der Waals surface area (Å²) in [4.78, 5) is 23.8. The third-order valence-corrected chi connectivity index (χ3v) is 3.25. The van der Waals surface area contributed by atoms with E-state index in [4.69, 9.17) is 9.84 Å². The highest BCUT2D eigenvalue weighted by atomic mass is 32.1. The molecular weight excluding hydrogens is 266 g/mol. The van der Waals surface area contributed by atoms with Gasteiger partial charge in [-0.25, -0.2) is 9.78 Å². The second-order valence-electron chi connectivity index (χ2n) is 3.53. The predicted molar refractivity (Wildman–Crippen MR) is 70.5 cm³/mol. The number of hydrogen-bond donors (Lipinski definition) is 1. The van der Waals surface area contributed by atoms with Gasteiger partial charge < -0.3 is 9.84 Å². The summed E-state index contributed by atoms with van der Waals surface area (Å²) < 4.78 is 5.05. The minimum atomic E-state index is -1.00. The fourth-order valence-electron chi connectivity index (χ4n) is 1.40. The fourth-order valence-corrected chi connectivity index (χ4v) is 2.33. The van der Waals surface area contributed by atoms with Gasteiger partial charge in [-0.1, -0.05) is 0 Å². The van der Waals surface area contributed by atoms with E-state index in [9.17, 15) is 4.79 Å². The van der Waals surface area contributed by atoms with Gasteiger partial charge in [-0.05, 0) is 6.08 Å². The first kappa shape index (κ1) is 13.3. The summed E-state index contributed by atoms with van der Waals surface area (Å²) in [6, 6.07) is 0. The Morgan fingerprint density at radius 1 is 1.53 bits per heavy atom. The largest absolute Gasteiger partial charge is 0.478 e. The van der Waals surface area contributed by atoms with Crippen molar-refractivity contribution in [2.45, 2.75) is 6.61 Å². The summed E-state index contributed by atoms with van der Waals surface area (Å²) in [6.45, 7) is 0.316. The van der Waals surface area contributed by atoms with Gasteiger partial charge in [0.1, 0.15) is 10.7 Å². The van der Waals surface area contributed by atoms with Crippen LogP contribution in [-0.4, -0.2) is 33.1 Å². The van der Waals surface area contributed by atoms with E-state index in [0.29, 0.717) is 23.0 Å². The molecule has 2 rings (SSSR count). The van der Waals surface area contributed by atoms with Crippen LogP contribution in [0.5, 0.6) is 0 Å². The maximum Gasteiger partial charge on any atom is 0.328 e. The van der Waals surface area contributed by atoms with Crippen LogP contribution in [0.25, 0.3) is 16.8 Å². The van der Waals surface area contributed by atoms with Crippen LogP contribution in [0.2, 0.25) is 0 Å². The van der Waals surface area contributed by atoms with E-state index in [-0.39, 0.29) is 0 Å². The first-order chi connectivity index (χ1) is 9.20. The van der Waals surface area contributed by atoms with Crippen LogP contribution in [0.4, 0.5) is 0 Å². The summed E-state index contributed by atoms with van der Waals surface area (Å²) in [5.74, 6) is -1.00. The summed E-state index contributed by atoms with van der Waals surface area (Å²) in [5, 5.41) is 9.35. The molecule has 0 aliphatic rings. The normalized spacial score (nSPS) is 11.0. The van der Waals surface area contributed by atoms with Crippen molar-refractivity contribution in [3.63, 3.8) is 0 Å². The maximum absolute atomic E-state index is 10.6. The second kappa shape index (κ2) is 6.17. The van der Waals surface area contributed by atoms with Crippen molar-refractivity contribution in [3.8, 4) is 10.7 Å². The first-order valence-corrected chi connectivity index (χ1v) is 6.18. The van der Waals surface area contributed by atoms with Crippen LogP contribution in [-0.2, 0) is 16.1 Å². The van der Waals surface area contributed by atoms with Gasteiger partial charge in [0.2, 0.25) is 0 Å². The lowest BCUT2D eigenvalue weighted by atomic mass is 10.3. The molecule has 0 fully saturated rings. The molecule has 2 heterocycles. The number of rotatable bonds is 5. The molecule has 0 unspecified atom stereocenters. The number of hydrogen-bond acceptors (Lipinski definition) is 6. The van der Waals surface area contributed by atoms with Gasteiger partial charge in [0.05, 0.1) is 23.4 Å². The average molecular weight is 277 g/mol. The molecule has 7 heteroatoms. The molecule has 98 valence electrons. The Morgan fingerprint density at radius 3 is 3.00 bits per heavy atom. The Bertz CT molecular complexity index is 596. The number of carboxylic acids is 1. The number of ether oxygens (including phenoxy) is 1. The number of carboxylic acid groups (broad SMARTS) is 1. The molecule has 0 atom stereocenters. The number of aromatic nitrogens is 3. The van der Waals surface area contributed by atoms with Crippen LogP contribution in [0.15, 0.2) is 24.7 Å². The zero-order valence-corrected chi connectivity index (χ0v) is 10.9. The minimum absolute atomic E-state index is 0.316. The second-order valence-corrected chi connectivity index (χ2v) is 4.56. The molecule has 0 aromatic carbocycles. The Morgan fingerprint density at radius 2 is 2.37 bits per heavy atom. The highest BCUT2D eigenvalue weighted by molar-refractivity contribution is 7.16. The summed E-state index contributed by atoms with van der Waals surface area (Å²) in [5.41, 5.74) is 1.34. The van der Waals surface area contributed by atoms with E-state index in [1.807, 2.05) is 0 Å². The summed E-state index contributed by atoms with van der Waals surface area (Å²) in [6.07, 6.45) is 7.36. The van der Waals surface area contributed by atoms with Crippen molar-refractivity contribution in [2.24, 2.45) is 0 Å². The van der Waals surface area contributed by atoms with E-state index in [0.717, 1.165) is 11.0 Å². The lowest BCUT2D eigenvalue weighted by Crippen LogP contribution is -1.91. The molecule has 0 spiro atoms. The van der Waals surface area contributed by atoms with Gasteiger partial charge in [0.15, 0.2) is 0 Å². The van der Waals surface area contributed by atoms with Crippen molar-refractivity contribution in [3.05, 3.63) is 35.2 Å². The molecule has 0 saturated heterocycles. The zero-order valence-electron chi connectivity index (χ0n) is 10.1. The molecule has 0 radical (unpaired) electrons. The fraction of sp³-hybridized carbons (Fsp3) is 0.167. The average Bonchev–Trinajstić information content (AvgIpc) is 2.81. The predicted octanol–water partition coefficient (Wildman–Crippen LogP) is 1.84. The third-order valence-electron chi connectivity index (χ3n) is 2.17. The maximum atomic E-state index is 10.6. The quantitative estimate of drug-likeness (QED) is 0.839. The zero-order chi connectivity index (χ0) is 13.7. The van der Waals surface area contributed by atoms with Gasteiger partial charge in [0, 0.05) is 25.6 Å². The monoisotopic (exact) mass is 277 g/mol. The molecule has 0 aliphatic carbocycles. The Hall–Kier alpha value is -2.12. The van der Waals surface area contributed by atoms with E-state index in [1.54, 1.807) is 25.7 Å². The van der Waals surface area contributed by atoms with Gasteiger partial charge in [-0.15, -0.1) is 11.3 Å².